The first-order chi connectivity index (χ1) is 12.3. The van der Waals surface area contributed by atoms with Crippen LogP contribution in [0.25, 0.3) is 11.0 Å². The molecule has 0 spiro atoms. The fourth-order valence-electron chi connectivity index (χ4n) is 3.44. The van der Waals surface area contributed by atoms with Gasteiger partial charge in [-0.25, -0.2) is 9.98 Å². The van der Waals surface area contributed by atoms with Gasteiger partial charge < -0.3 is 14.8 Å². The van der Waals surface area contributed by atoms with Crippen LogP contribution in [0, 0.1) is 0 Å². The quantitative estimate of drug-likeness (QED) is 0.592. The lowest BCUT2D eigenvalue weighted by atomic mass is 10.2. The largest absolute Gasteiger partial charge is 0.356 e. The second-order valence-electron chi connectivity index (χ2n) is 6.28. The summed E-state index contributed by atoms with van der Waals surface area (Å²) in [6.45, 7) is 4.48. The molecule has 25 heavy (non-hydrogen) atoms. The lowest BCUT2D eigenvalue weighted by Gasteiger charge is -2.22. The van der Waals surface area contributed by atoms with Crippen LogP contribution in [0.4, 0.5) is 5.69 Å². The van der Waals surface area contributed by atoms with Crippen LogP contribution in [0.1, 0.15) is 18.3 Å². The van der Waals surface area contributed by atoms with Gasteiger partial charge in [0.25, 0.3) is 0 Å². The average molecular weight is 333 g/mol. The maximum Gasteiger partial charge on any atom is 0.198 e. The Labute approximate surface area is 148 Å². The normalized spacial score (nSPS) is 14.2. The maximum absolute atomic E-state index is 4.87. The van der Waals surface area contributed by atoms with E-state index in [0.717, 1.165) is 42.3 Å². The Morgan fingerprint density at radius 2 is 1.96 bits per heavy atom. The summed E-state index contributed by atoms with van der Waals surface area (Å²) in [6.07, 6.45) is 1.06. The van der Waals surface area contributed by atoms with Crippen molar-refractivity contribution in [3.8, 4) is 0 Å². The minimum absolute atomic E-state index is 0.562. The molecule has 5 nitrogen and oxygen atoms in total. The lowest BCUT2D eigenvalue weighted by molar-refractivity contribution is 0.798. The van der Waals surface area contributed by atoms with E-state index in [9.17, 15) is 0 Å². The van der Waals surface area contributed by atoms with Crippen LogP contribution in [0.3, 0.4) is 0 Å². The predicted octanol–water partition coefficient (Wildman–Crippen LogP) is 3.10. The van der Waals surface area contributed by atoms with Crippen molar-refractivity contribution < 1.29 is 0 Å². The van der Waals surface area contributed by atoms with Gasteiger partial charge in [0.05, 0.1) is 11.0 Å². The van der Waals surface area contributed by atoms with Gasteiger partial charge in [-0.15, -0.1) is 0 Å². The van der Waals surface area contributed by atoms with Crippen LogP contribution in [0.15, 0.2) is 53.5 Å². The molecule has 1 aliphatic heterocycles. The number of aliphatic imine (C=N–C) groups is 1. The Balaban J connectivity index is 1.64. The Bertz CT molecular complexity index is 925. The third-order valence-electron chi connectivity index (χ3n) is 4.73. The van der Waals surface area contributed by atoms with Gasteiger partial charge in [0.2, 0.25) is 0 Å². The minimum Gasteiger partial charge on any atom is -0.356 e. The Hall–Kier alpha value is -2.82. The summed E-state index contributed by atoms with van der Waals surface area (Å²) in [5, 5.41) is 3.43. The number of hydrogen-bond acceptors (Lipinski definition) is 2. The average Bonchev–Trinajstić information content (AvgIpc) is 3.21. The highest BCUT2D eigenvalue weighted by Gasteiger charge is 2.22. The van der Waals surface area contributed by atoms with Crippen LogP contribution in [-0.2, 0) is 20.0 Å². The van der Waals surface area contributed by atoms with E-state index in [0.29, 0.717) is 6.54 Å². The number of fused-ring (bicyclic) bond motifs is 2. The van der Waals surface area contributed by atoms with E-state index in [4.69, 9.17) is 9.98 Å². The van der Waals surface area contributed by atoms with Crippen LogP contribution < -0.4 is 10.2 Å². The molecule has 0 saturated heterocycles. The van der Waals surface area contributed by atoms with Gasteiger partial charge >= 0.3 is 0 Å². The highest BCUT2D eigenvalue weighted by atomic mass is 15.3. The molecule has 0 saturated carbocycles. The summed E-state index contributed by atoms with van der Waals surface area (Å²) >= 11 is 0. The maximum atomic E-state index is 4.87. The van der Waals surface area contributed by atoms with E-state index in [-0.39, 0.29) is 0 Å². The van der Waals surface area contributed by atoms with Gasteiger partial charge in [-0.2, -0.15) is 0 Å². The lowest BCUT2D eigenvalue weighted by Crippen LogP contribution is -2.40. The van der Waals surface area contributed by atoms with Crippen molar-refractivity contribution >= 4 is 22.7 Å². The molecule has 4 rings (SSSR count). The van der Waals surface area contributed by atoms with Gasteiger partial charge in [-0.05, 0) is 37.1 Å². The Kier molecular flexibility index (Phi) is 4.14. The van der Waals surface area contributed by atoms with E-state index < -0.39 is 0 Å². The number of nitrogens with one attached hydrogen (secondary N) is 1. The highest BCUT2D eigenvalue weighted by molar-refractivity contribution is 5.98. The Morgan fingerprint density at radius 1 is 1.16 bits per heavy atom. The van der Waals surface area contributed by atoms with E-state index in [1.807, 2.05) is 18.2 Å². The summed E-state index contributed by atoms with van der Waals surface area (Å²) < 4.78 is 2.13. The number of aryl methyl sites for hydroxylation is 1. The van der Waals surface area contributed by atoms with Gasteiger partial charge in [-0.3, -0.25) is 0 Å². The van der Waals surface area contributed by atoms with E-state index in [2.05, 4.69) is 59.1 Å². The molecule has 0 radical (unpaired) electrons. The fraction of sp³-hybridized carbons (Fsp3) is 0.300. The molecule has 0 atom stereocenters. The van der Waals surface area contributed by atoms with Gasteiger partial charge in [0.1, 0.15) is 12.4 Å². The molecule has 1 aliphatic rings. The molecule has 0 fully saturated rings. The van der Waals surface area contributed by atoms with Crippen molar-refractivity contribution in [3.63, 3.8) is 0 Å². The first-order valence-electron chi connectivity index (χ1n) is 8.82. The molecule has 0 amide bonds. The van der Waals surface area contributed by atoms with Crippen LogP contribution >= 0.6 is 0 Å². The third-order valence-corrected chi connectivity index (χ3v) is 4.73. The van der Waals surface area contributed by atoms with Gasteiger partial charge in [0, 0.05) is 25.8 Å². The van der Waals surface area contributed by atoms with Gasteiger partial charge in [0.15, 0.2) is 5.96 Å². The molecule has 3 aromatic rings. The van der Waals surface area contributed by atoms with Crippen molar-refractivity contribution in [3.05, 3.63) is 59.9 Å². The van der Waals surface area contributed by atoms with E-state index in [1.54, 1.807) is 0 Å². The summed E-state index contributed by atoms with van der Waals surface area (Å²) in [4.78, 5) is 11.9. The van der Waals surface area contributed by atoms with Crippen LogP contribution in [-0.4, -0.2) is 28.6 Å². The van der Waals surface area contributed by atoms with E-state index >= 15 is 0 Å². The summed E-state index contributed by atoms with van der Waals surface area (Å²) in [6, 6.07) is 16.8. The van der Waals surface area contributed by atoms with Crippen molar-refractivity contribution in [1.82, 2.24) is 14.9 Å². The molecule has 0 aliphatic carbocycles. The zero-order valence-corrected chi connectivity index (χ0v) is 14.7. The molecule has 128 valence electrons. The number of rotatable bonds is 3. The summed E-state index contributed by atoms with van der Waals surface area (Å²) in [5.41, 5.74) is 4.80. The zero-order chi connectivity index (χ0) is 17.2. The molecule has 2 aromatic carbocycles. The predicted molar refractivity (Wildman–Crippen MR) is 103 cm³/mol. The number of para-hydroxylation sites is 3. The van der Waals surface area contributed by atoms with Crippen LogP contribution in [0.5, 0.6) is 0 Å². The molecule has 0 unspecified atom stereocenters. The fourth-order valence-corrected chi connectivity index (χ4v) is 3.44. The molecule has 5 heteroatoms. The van der Waals surface area contributed by atoms with Gasteiger partial charge in [-0.1, -0.05) is 30.3 Å². The molecule has 2 heterocycles. The number of imidazole rings is 1. The second-order valence-corrected chi connectivity index (χ2v) is 6.28. The molecule has 1 N–H and O–H groups in total. The van der Waals surface area contributed by atoms with Crippen molar-refractivity contribution in [2.45, 2.75) is 19.9 Å². The molecular formula is C20H23N5. The standard InChI is InChI=1S/C20H23N5/c1-3-21-20(25-13-12-15-8-4-6-10-17(15)25)22-14-19-23-16-9-5-7-11-18(16)24(19)2/h4-11H,3,12-14H2,1-2H3,(H,21,22). The second kappa shape index (κ2) is 6.59. The first-order valence-corrected chi connectivity index (χ1v) is 8.82. The zero-order valence-electron chi connectivity index (χ0n) is 14.7. The number of aromatic nitrogens is 2. The monoisotopic (exact) mass is 333 g/mol. The number of benzene rings is 2. The number of guanidine groups is 1. The smallest absolute Gasteiger partial charge is 0.198 e. The topological polar surface area (TPSA) is 45.5 Å². The van der Waals surface area contributed by atoms with Crippen molar-refractivity contribution in [2.75, 3.05) is 18.0 Å². The van der Waals surface area contributed by atoms with Crippen LogP contribution in [0.2, 0.25) is 0 Å². The minimum atomic E-state index is 0.562. The Morgan fingerprint density at radius 3 is 2.80 bits per heavy atom. The highest BCUT2D eigenvalue weighted by Crippen LogP contribution is 2.27. The summed E-state index contributed by atoms with van der Waals surface area (Å²) in [7, 11) is 2.05. The number of anilines is 1. The van der Waals surface area contributed by atoms with E-state index in [1.165, 1.54) is 11.3 Å². The molecule has 1 aromatic heterocycles. The molecule has 0 bridgehead atoms. The van der Waals surface area contributed by atoms with Crippen molar-refractivity contribution in [2.24, 2.45) is 12.0 Å². The SMILES string of the molecule is CCNC(=NCc1nc2ccccc2n1C)N1CCc2ccccc21. The first kappa shape index (κ1) is 15.7. The third kappa shape index (κ3) is 2.86. The summed E-state index contributed by atoms with van der Waals surface area (Å²) in [5.74, 6) is 1.91. The number of nitrogens with zero attached hydrogens (tertiary/aromatic N) is 4. The number of hydrogen-bond donors (Lipinski definition) is 1. The van der Waals surface area contributed by atoms with Crippen molar-refractivity contribution in [1.29, 1.82) is 0 Å². The molecular weight excluding hydrogens is 310 g/mol.